The summed E-state index contributed by atoms with van der Waals surface area (Å²) in [5, 5.41) is 19.4. The van der Waals surface area contributed by atoms with Crippen molar-refractivity contribution in [2.24, 2.45) is 0 Å². The van der Waals surface area contributed by atoms with Gasteiger partial charge >= 0.3 is 0 Å². The van der Waals surface area contributed by atoms with E-state index in [4.69, 9.17) is 0 Å². The highest BCUT2D eigenvalue weighted by molar-refractivity contribution is 5.76. The van der Waals surface area contributed by atoms with Gasteiger partial charge in [0.2, 0.25) is 0 Å². The lowest BCUT2D eigenvalue weighted by Gasteiger charge is -2.17. The Morgan fingerprint density at radius 3 is 2.50 bits per heavy atom. The van der Waals surface area contributed by atoms with Gasteiger partial charge in [-0.1, -0.05) is 6.07 Å². The second kappa shape index (κ2) is 6.97. The minimum atomic E-state index is -1.49. The molecule has 2 aromatic carbocycles. The molecule has 0 spiro atoms. The minimum absolute atomic E-state index is 0.00766. The number of hydrogen-bond acceptors (Lipinski definition) is 4. The number of nitrogens with zero attached hydrogens (tertiary/aromatic N) is 4. The summed E-state index contributed by atoms with van der Waals surface area (Å²) in [7, 11) is 0. The second-order valence-corrected chi connectivity index (χ2v) is 7.30. The van der Waals surface area contributed by atoms with Gasteiger partial charge in [-0.25, -0.2) is 23.1 Å². The van der Waals surface area contributed by atoms with Crippen LogP contribution in [-0.2, 0) is 5.60 Å². The van der Waals surface area contributed by atoms with Gasteiger partial charge < -0.3 is 5.11 Å². The Kier molecular flexibility index (Phi) is 4.56. The molecule has 4 aromatic rings. The average Bonchev–Trinajstić information content (AvgIpc) is 3.13. The molecule has 0 fully saturated rings. The lowest BCUT2D eigenvalue weighted by molar-refractivity contribution is 0.0694. The van der Waals surface area contributed by atoms with Crippen molar-refractivity contribution in [2.75, 3.05) is 0 Å². The van der Waals surface area contributed by atoms with Crippen LogP contribution >= 0.6 is 0 Å². The molecule has 0 bridgehead atoms. The fourth-order valence-electron chi connectivity index (χ4n) is 3.29. The summed E-state index contributed by atoms with van der Waals surface area (Å²) in [5.41, 5.74) is -0.422. The molecular formula is C22H15F3N4O. The van der Waals surface area contributed by atoms with Gasteiger partial charge in [-0.05, 0) is 44.2 Å². The molecule has 0 saturated carbocycles. The van der Waals surface area contributed by atoms with Crippen molar-refractivity contribution >= 4 is 5.65 Å². The Morgan fingerprint density at radius 2 is 1.80 bits per heavy atom. The van der Waals surface area contributed by atoms with Crippen LogP contribution in [0.4, 0.5) is 13.2 Å². The van der Waals surface area contributed by atoms with E-state index in [2.05, 4.69) is 9.97 Å². The number of hydrogen-bond donors (Lipinski definition) is 1. The molecule has 30 heavy (non-hydrogen) atoms. The first-order valence-electron chi connectivity index (χ1n) is 8.95. The highest BCUT2D eigenvalue weighted by atomic mass is 19.1. The predicted octanol–water partition coefficient (Wildman–Crippen LogP) is 4.58. The van der Waals surface area contributed by atoms with Crippen molar-refractivity contribution in [1.29, 1.82) is 5.26 Å². The SMILES string of the molecule is CC(C)(O)c1ncn2c(-c3ccc(F)c(-c4ccc(F)cc4C#N)c3)cnc2c1F. The summed E-state index contributed by atoms with van der Waals surface area (Å²) in [6.07, 6.45) is 2.73. The number of benzene rings is 2. The van der Waals surface area contributed by atoms with E-state index < -0.39 is 23.1 Å². The van der Waals surface area contributed by atoms with Gasteiger partial charge in [0.15, 0.2) is 11.5 Å². The fraction of sp³-hybridized carbons (Fsp3) is 0.136. The van der Waals surface area contributed by atoms with E-state index in [1.807, 2.05) is 6.07 Å². The van der Waals surface area contributed by atoms with E-state index in [-0.39, 0.29) is 28.0 Å². The summed E-state index contributed by atoms with van der Waals surface area (Å²) < 4.78 is 44.2. The Bertz CT molecular complexity index is 1330. The van der Waals surface area contributed by atoms with Crippen LogP contribution < -0.4 is 0 Å². The normalized spacial score (nSPS) is 11.6. The molecule has 0 radical (unpaired) electrons. The van der Waals surface area contributed by atoms with Crippen molar-refractivity contribution in [2.45, 2.75) is 19.4 Å². The molecule has 2 heterocycles. The van der Waals surface area contributed by atoms with E-state index in [0.29, 0.717) is 11.3 Å². The van der Waals surface area contributed by atoms with E-state index in [1.54, 1.807) is 0 Å². The number of imidazole rings is 1. The highest BCUT2D eigenvalue weighted by Gasteiger charge is 2.26. The van der Waals surface area contributed by atoms with Crippen molar-refractivity contribution in [3.8, 4) is 28.5 Å². The number of rotatable bonds is 3. The van der Waals surface area contributed by atoms with Gasteiger partial charge in [-0.3, -0.25) is 4.40 Å². The third-order valence-corrected chi connectivity index (χ3v) is 4.74. The van der Waals surface area contributed by atoms with Gasteiger partial charge in [-0.2, -0.15) is 5.26 Å². The summed E-state index contributed by atoms with van der Waals surface area (Å²) in [6.45, 7) is 2.83. The number of halogens is 3. The largest absolute Gasteiger partial charge is 0.384 e. The molecule has 2 aromatic heterocycles. The lowest BCUT2D eigenvalue weighted by atomic mass is 9.97. The third-order valence-electron chi connectivity index (χ3n) is 4.74. The van der Waals surface area contributed by atoms with Gasteiger partial charge in [0.05, 0.1) is 23.5 Å². The Labute approximate surface area is 169 Å². The summed E-state index contributed by atoms with van der Waals surface area (Å²) in [5.74, 6) is -1.95. The first-order valence-corrected chi connectivity index (χ1v) is 8.95. The van der Waals surface area contributed by atoms with Crippen molar-refractivity contribution in [1.82, 2.24) is 14.4 Å². The topological polar surface area (TPSA) is 74.2 Å². The monoisotopic (exact) mass is 408 g/mol. The predicted molar refractivity (Wildman–Crippen MR) is 104 cm³/mol. The molecule has 8 heteroatoms. The van der Waals surface area contributed by atoms with Crippen molar-refractivity contribution in [3.63, 3.8) is 0 Å². The van der Waals surface area contributed by atoms with Crippen LogP contribution in [0, 0.1) is 28.8 Å². The molecule has 1 N–H and O–H groups in total. The van der Waals surface area contributed by atoms with Crippen LogP contribution in [0.1, 0.15) is 25.1 Å². The van der Waals surface area contributed by atoms with Crippen LogP contribution in [0.15, 0.2) is 48.9 Å². The molecule has 0 atom stereocenters. The molecular weight excluding hydrogens is 393 g/mol. The summed E-state index contributed by atoms with van der Waals surface area (Å²) in [6, 6.07) is 9.56. The number of aromatic nitrogens is 3. The van der Waals surface area contributed by atoms with E-state index in [9.17, 15) is 23.5 Å². The molecule has 5 nitrogen and oxygen atoms in total. The zero-order valence-corrected chi connectivity index (χ0v) is 16.0. The van der Waals surface area contributed by atoms with E-state index in [1.165, 1.54) is 55.0 Å². The Hall–Kier alpha value is -3.70. The molecule has 0 saturated heterocycles. The van der Waals surface area contributed by atoms with Gasteiger partial charge in [0.1, 0.15) is 29.3 Å². The third kappa shape index (κ3) is 3.19. The minimum Gasteiger partial charge on any atom is -0.384 e. The zero-order valence-electron chi connectivity index (χ0n) is 16.0. The molecule has 4 rings (SSSR count). The first-order chi connectivity index (χ1) is 14.2. The van der Waals surface area contributed by atoms with Crippen LogP contribution in [0.2, 0.25) is 0 Å². The van der Waals surface area contributed by atoms with Gasteiger partial charge in [-0.15, -0.1) is 0 Å². The molecule has 0 aliphatic rings. The number of nitriles is 1. The molecule has 150 valence electrons. The molecule has 0 aliphatic heterocycles. The van der Waals surface area contributed by atoms with Gasteiger partial charge in [0, 0.05) is 16.7 Å². The second-order valence-electron chi connectivity index (χ2n) is 7.30. The van der Waals surface area contributed by atoms with Crippen molar-refractivity contribution < 1.29 is 18.3 Å². The molecule has 0 unspecified atom stereocenters. The standard InChI is InChI=1S/C22H15F3N4O/c1-22(2,30)20-19(25)21-27-10-18(29(21)11-28-20)12-3-6-17(24)16(8-12)15-5-4-14(23)7-13(15)9-26/h3-8,10-11,30H,1-2H3. The number of aliphatic hydroxyl groups is 1. The van der Waals surface area contributed by atoms with Crippen LogP contribution in [0.3, 0.4) is 0 Å². The Balaban J connectivity index is 1.90. The summed E-state index contributed by atoms with van der Waals surface area (Å²) >= 11 is 0. The van der Waals surface area contributed by atoms with Crippen LogP contribution in [0.25, 0.3) is 28.0 Å². The van der Waals surface area contributed by atoms with Gasteiger partial charge in [0.25, 0.3) is 0 Å². The molecule has 0 aliphatic carbocycles. The first kappa shape index (κ1) is 19.6. The Morgan fingerprint density at radius 1 is 1.03 bits per heavy atom. The van der Waals surface area contributed by atoms with E-state index >= 15 is 0 Å². The average molecular weight is 408 g/mol. The number of fused-ring (bicyclic) bond motifs is 1. The van der Waals surface area contributed by atoms with Crippen molar-refractivity contribution in [3.05, 3.63) is 77.6 Å². The quantitative estimate of drug-likeness (QED) is 0.539. The maximum atomic E-state index is 14.8. The lowest BCUT2D eigenvalue weighted by Crippen LogP contribution is -2.20. The van der Waals surface area contributed by atoms with E-state index in [0.717, 1.165) is 12.1 Å². The maximum absolute atomic E-state index is 14.8. The maximum Gasteiger partial charge on any atom is 0.190 e. The smallest absolute Gasteiger partial charge is 0.190 e. The molecule has 0 amide bonds. The van der Waals surface area contributed by atoms with Crippen LogP contribution in [0.5, 0.6) is 0 Å². The zero-order chi connectivity index (χ0) is 21.6. The summed E-state index contributed by atoms with van der Waals surface area (Å²) in [4.78, 5) is 8.09. The highest BCUT2D eigenvalue weighted by Crippen LogP contribution is 2.32. The van der Waals surface area contributed by atoms with Crippen LogP contribution in [-0.4, -0.2) is 19.5 Å². The fourth-order valence-corrected chi connectivity index (χ4v) is 3.29.